The Balaban J connectivity index is 1.75. The van der Waals surface area contributed by atoms with Gasteiger partial charge in [-0.1, -0.05) is 37.3 Å². The number of rotatable bonds is 7. The van der Waals surface area contributed by atoms with E-state index in [2.05, 4.69) is 13.5 Å². The van der Waals surface area contributed by atoms with Crippen LogP contribution < -0.4 is 4.90 Å². The van der Waals surface area contributed by atoms with E-state index in [0.717, 1.165) is 22.5 Å². The molecule has 26 heavy (non-hydrogen) atoms. The maximum absolute atomic E-state index is 13.0. The van der Waals surface area contributed by atoms with Crippen LogP contribution in [0.25, 0.3) is 0 Å². The summed E-state index contributed by atoms with van der Waals surface area (Å²) in [4.78, 5) is 30.3. The molecule has 0 spiro atoms. The van der Waals surface area contributed by atoms with Gasteiger partial charge < -0.3 is 9.80 Å². The van der Waals surface area contributed by atoms with Crippen molar-refractivity contribution >= 4 is 28.8 Å². The summed E-state index contributed by atoms with van der Waals surface area (Å²) in [6.45, 7) is 7.36. The number of amides is 2. The van der Waals surface area contributed by atoms with Gasteiger partial charge in [-0.15, -0.1) is 17.9 Å². The summed E-state index contributed by atoms with van der Waals surface area (Å²) < 4.78 is 0. The number of nitrogens with zero attached hydrogens (tertiary/aromatic N) is 2. The molecule has 2 amide bonds. The fraction of sp³-hybridized carbons (Fsp3) is 0.333. The molecule has 2 aromatic rings. The number of anilines is 1. The molecular weight excluding hydrogens is 344 g/mol. The SMILES string of the molecule is C=CCN(Cc1cccs1)C(=O)C1CC(=O)N(c2ccccc2CC)C1. The Labute approximate surface area is 158 Å². The lowest BCUT2D eigenvalue weighted by Gasteiger charge is -2.24. The summed E-state index contributed by atoms with van der Waals surface area (Å²) in [6, 6.07) is 11.9. The second kappa shape index (κ2) is 8.32. The molecule has 1 saturated heterocycles. The molecular formula is C21H24N2O2S. The number of carbonyl (C=O) groups is 2. The number of hydrogen-bond donors (Lipinski definition) is 0. The van der Waals surface area contributed by atoms with Crippen LogP contribution in [0, 0.1) is 5.92 Å². The van der Waals surface area contributed by atoms with E-state index in [9.17, 15) is 9.59 Å². The van der Waals surface area contributed by atoms with Crippen LogP contribution in [-0.2, 0) is 22.6 Å². The van der Waals surface area contributed by atoms with Crippen LogP contribution in [0.2, 0.25) is 0 Å². The van der Waals surface area contributed by atoms with Gasteiger partial charge in [-0.25, -0.2) is 0 Å². The molecule has 1 aliphatic rings. The first-order chi connectivity index (χ1) is 12.6. The minimum Gasteiger partial charge on any atom is -0.334 e. The Hall–Kier alpha value is -2.40. The Morgan fingerprint density at radius 2 is 2.15 bits per heavy atom. The molecule has 0 saturated carbocycles. The van der Waals surface area contributed by atoms with Gasteiger partial charge in [-0.2, -0.15) is 0 Å². The number of thiophene rings is 1. The predicted molar refractivity (Wildman–Crippen MR) is 106 cm³/mol. The summed E-state index contributed by atoms with van der Waals surface area (Å²) in [5, 5.41) is 2.01. The van der Waals surface area contributed by atoms with Gasteiger partial charge in [0.05, 0.1) is 12.5 Å². The van der Waals surface area contributed by atoms with E-state index in [0.29, 0.717) is 19.6 Å². The monoisotopic (exact) mass is 368 g/mol. The van der Waals surface area contributed by atoms with Crippen molar-refractivity contribution in [1.82, 2.24) is 4.90 Å². The number of benzene rings is 1. The summed E-state index contributed by atoms with van der Waals surface area (Å²) in [5.74, 6) is -0.241. The molecule has 3 rings (SSSR count). The smallest absolute Gasteiger partial charge is 0.228 e. The highest BCUT2D eigenvalue weighted by molar-refractivity contribution is 7.09. The van der Waals surface area contributed by atoms with Crippen molar-refractivity contribution in [3.8, 4) is 0 Å². The number of para-hydroxylation sites is 1. The van der Waals surface area contributed by atoms with Crippen molar-refractivity contribution in [2.75, 3.05) is 18.0 Å². The highest BCUT2D eigenvalue weighted by Crippen LogP contribution is 2.29. The maximum Gasteiger partial charge on any atom is 0.228 e. The van der Waals surface area contributed by atoms with Gasteiger partial charge in [0.1, 0.15) is 0 Å². The first kappa shape index (κ1) is 18.4. The fourth-order valence-electron chi connectivity index (χ4n) is 3.42. The van der Waals surface area contributed by atoms with Crippen molar-refractivity contribution in [3.63, 3.8) is 0 Å². The summed E-state index contributed by atoms with van der Waals surface area (Å²) in [6.07, 6.45) is 2.88. The third-order valence-corrected chi connectivity index (χ3v) is 5.59. The number of carbonyl (C=O) groups excluding carboxylic acids is 2. The van der Waals surface area contributed by atoms with Gasteiger partial charge in [-0.05, 0) is 29.5 Å². The van der Waals surface area contributed by atoms with Gasteiger partial charge in [-0.3, -0.25) is 9.59 Å². The van der Waals surface area contributed by atoms with Crippen molar-refractivity contribution in [1.29, 1.82) is 0 Å². The van der Waals surface area contributed by atoms with Gasteiger partial charge in [0.15, 0.2) is 0 Å². The molecule has 0 bridgehead atoms. The molecule has 1 atom stereocenters. The lowest BCUT2D eigenvalue weighted by atomic mass is 10.1. The molecule has 0 radical (unpaired) electrons. The molecule has 0 N–H and O–H groups in total. The quantitative estimate of drug-likeness (QED) is 0.696. The van der Waals surface area contributed by atoms with E-state index in [1.165, 1.54) is 0 Å². The highest BCUT2D eigenvalue weighted by Gasteiger charge is 2.37. The number of hydrogen-bond acceptors (Lipinski definition) is 3. The molecule has 4 nitrogen and oxygen atoms in total. The van der Waals surface area contributed by atoms with Gasteiger partial charge in [0.25, 0.3) is 0 Å². The summed E-state index contributed by atoms with van der Waals surface area (Å²) in [5.41, 5.74) is 2.07. The van der Waals surface area contributed by atoms with Gasteiger partial charge in [0, 0.05) is 30.1 Å². The average Bonchev–Trinajstić information content (AvgIpc) is 3.30. The van der Waals surface area contributed by atoms with E-state index in [1.807, 2.05) is 41.8 Å². The summed E-state index contributed by atoms with van der Waals surface area (Å²) >= 11 is 1.63. The highest BCUT2D eigenvalue weighted by atomic mass is 32.1. The molecule has 0 aliphatic carbocycles. The minimum atomic E-state index is -0.299. The Bertz CT molecular complexity index is 785. The molecule has 1 aliphatic heterocycles. The van der Waals surface area contributed by atoms with Crippen molar-refractivity contribution in [2.45, 2.75) is 26.3 Å². The van der Waals surface area contributed by atoms with E-state index >= 15 is 0 Å². The molecule has 1 fully saturated rings. The minimum absolute atomic E-state index is 0.0268. The van der Waals surface area contributed by atoms with Crippen LogP contribution in [0.1, 0.15) is 23.8 Å². The van der Waals surface area contributed by atoms with Crippen LogP contribution in [0.5, 0.6) is 0 Å². The van der Waals surface area contributed by atoms with E-state index in [4.69, 9.17) is 0 Å². The Morgan fingerprint density at radius 3 is 2.85 bits per heavy atom. The summed E-state index contributed by atoms with van der Waals surface area (Å²) in [7, 11) is 0. The first-order valence-electron chi connectivity index (χ1n) is 8.94. The van der Waals surface area contributed by atoms with Crippen LogP contribution >= 0.6 is 11.3 Å². The molecule has 1 aromatic heterocycles. The normalized spacial score (nSPS) is 16.7. The van der Waals surface area contributed by atoms with E-state index in [-0.39, 0.29) is 24.2 Å². The topological polar surface area (TPSA) is 40.6 Å². The van der Waals surface area contributed by atoms with E-state index < -0.39 is 0 Å². The third-order valence-electron chi connectivity index (χ3n) is 4.73. The zero-order valence-corrected chi connectivity index (χ0v) is 15.9. The molecule has 1 aromatic carbocycles. The standard InChI is InChI=1S/C21H24N2O2S/c1-3-11-22(15-18-9-7-12-26-18)21(25)17-13-20(24)23(14-17)19-10-6-5-8-16(19)4-2/h3,5-10,12,17H,1,4,11,13-15H2,2H3. The lowest BCUT2D eigenvalue weighted by Crippen LogP contribution is -2.37. The second-order valence-electron chi connectivity index (χ2n) is 6.47. The van der Waals surface area contributed by atoms with Crippen LogP contribution in [0.3, 0.4) is 0 Å². The molecule has 5 heteroatoms. The zero-order chi connectivity index (χ0) is 18.5. The molecule has 136 valence electrons. The predicted octanol–water partition coefficient (Wildman–Crippen LogP) is 3.88. The van der Waals surface area contributed by atoms with Crippen molar-refractivity contribution in [3.05, 3.63) is 64.9 Å². The third kappa shape index (κ3) is 3.88. The number of aryl methyl sites for hydroxylation is 1. The Kier molecular flexibility index (Phi) is 5.89. The fourth-order valence-corrected chi connectivity index (χ4v) is 4.14. The van der Waals surface area contributed by atoms with Crippen LogP contribution in [0.15, 0.2) is 54.4 Å². The van der Waals surface area contributed by atoms with Crippen LogP contribution in [-0.4, -0.2) is 29.8 Å². The van der Waals surface area contributed by atoms with Gasteiger partial charge >= 0.3 is 0 Å². The van der Waals surface area contributed by atoms with E-state index in [1.54, 1.807) is 27.2 Å². The van der Waals surface area contributed by atoms with Crippen LogP contribution in [0.4, 0.5) is 5.69 Å². The van der Waals surface area contributed by atoms with Crippen molar-refractivity contribution in [2.24, 2.45) is 5.92 Å². The van der Waals surface area contributed by atoms with Crippen molar-refractivity contribution < 1.29 is 9.59 Å². The zero-order valence-electron chi connectivity index (χ0n) is 15.1. The average molecular weight is 369 g/mol. The first-order valence-corrected chi connectivity index (χ1v) is 9.82. The van der Waals surface area contributed by atoms with Gasteiger partial charge in [0.2, 0.25) is 11.8 Å². The Morgan fingerprint density at radius 1 is 1.35 bits per heavy atom. The second-order valence-corrected chi connectivity index (χ2v) is 7.51. The largest absolute Gasteiger partial charge is 0.334 e. The lowest BCUT2D eigenvalue weighted by molar-refractivity contribution is -0.135. The molecule has 2 heterocycles. The maximum atomic E-state index is 13.0. The molecule has 1 unspecified atom stereocenters.